The zero-order valence-corrected chi connectivity index (χ0v) is 9.41. The van der Waals surface area contributed by atoms with E-state index < -0.39 is 0 Å². The summed E-state index contributed by atoms with van der Waals surface area (Å²) < 4.78 is 0. The van der Waals surface area contributed by atoms with Crippen molar-refractivity contribution >= 4 is 11.9 Å². The number of hydrogen-bond acceptors (Lipinski definition) is 2. The summed E-state index contributed by atoms with van der Waals surface area (Å²) in [6.07, 6.45) is 7.09. The number of benzene rings is 1. The standard InChI is InChI=1S/C15H13NO/c17-12-15(14-6-2-1-3-7-14)9-8-13-5-4-10-16-11-13/h1-7,9-12H,8H2. The van der Waals surface area contributed by atoms with Crippen LogP contribution in [-0.4, -0.2) is 11.3 Å². The first-order chi connectivity index (χ1) is 8.40. The number of rotatable bonds is 4. The maximum absolute atomic E-state index is 11.0. The molecule has 0 aliphatic rings. The van der Waals surface area contributed by atoms with Gasteiger partial charge in [-0.1, -0.05) is 42.5 Å². The molecule has 0 spiro atoms. The van der Waals surface area contributed by atoms with Crippen molar-refractivity contribution in [2.75, 3.05) is 0 Å². The molecule has 0 saturated heterocycles. The summed E-state index contributed by atoms with van der Waals surface area (Å²) >= 11 is 0. The minimum Gasteiger partial charge on any atom is -0.298 e. The van der Waals surface area contributed by atoms with Crippen LogP contribution < -0.4 is 0 Å². The smallest absolute Gasteiger partial charge is 0.150 e. The summed E-state index contributed by atoms with van der Waals surface area (Å²) in [7, 11) is 0. The van der Waals surface area contributed by atoms with Gasteiger partial charge in [-0.3, -0.25) is 9.78 Å². The number of allylic oxidation sites excluding steroid dienone is 2. The van der Waals surface area contributed by atoms with Crippen LogP contribution in [0.2, 0.25) is 0 Å². The minimum absolute atomic E-state index is 0.717. The van der Waals surface area contributed by atoms with Gasteiger partial charge < -0.3 is 0 Å². The van der Waals surface area contributed by atoms with Gasteiger partial charge in [0.05, 0.1) is 0 Å². The molecule has 1 aromatic carbocycles. The van der Waals surface area contributed by atoms with Crippen molar-refractivity contribution in [3.05, 3.63) is 72.1 Å². The predicted molar refractivity (Wildman–Crippen MR) is 68.4 cm³/mol. The first-order valence-corrected chi connectivity index (χ1v) is 5.50. The van der Waals surface area contributed by atoms with Crippen LogP contribution in [0.15, 0.2) is 60.9 Å². The summed E-state index contributed by atoms with van der Waals surface area (Å²) in [5, 5.41) is 0. The molecule has 0 atom stereocenters. The van der Waals surface area contributed by atoms with Crippen molar-refractivity contribution in [2.45, 2.75) is 6.42 Å². The Labute approximate surface area is 101 Å². The van der Waals surface area contributed by atoms with Gasteiger partial charge in [-0.05, 0) is 23.6 Å². The maximum atomic E-state index is 11.0. The van der Waals surface area contributed by atoms with Crippen molar-refractivity contribution in [3.8, 4) is 0 Å². The summed E-state index contributed by atoms with van der Waals surface area (Å²) in [4.78, 5) is 15.1. The first kappa shape index (κ1) is 11.3. The second kappa shape index (κ2) is 5.75. The maximum Gasteiger partial charge on any atom is 0.150 e. The lowest BCUT2D eigenvalue weighted by molar-refractivity contribution is -0.103. The third-order valence-electron chi connectivity index (χ3n) is 2.51. The molecule has 2 nitrogen and oxygen atoms in total. The van der Waals surface area contributed by atoms with Crippen molar-refractivity contribution < 1.29 is 4.79 Å². The minimum atomic E-state index is 0.717. The number of pyridine rings is 1. The van der Waals surface area contributed by atoms with E-state index in [1.165, 1.54) is 0 Å². The molecule has 1 heterocycles. The molecule has 0 bridgehead atoms. The lowest BCUT2D eigenvalue weighted by Gasteiger charge is -2.00. The van der Waals surface area contributed by atoms with Crippen LogP contribution in [0.5, 0.6) is 0 Å². The molecule has 2 heteroatoms. The van der Waals surface area contributed by atoms with Crippen molar-refractivity contribution in [1.82, 2.24) is 4.98 Å². The fourth-order valence-corrected chi connectivity index (χ4v) is 1.61. The molecule has 0 N–H and O–H groups in total. The molecule has 0 unspecified atom stereocenters. The van der Waals surface area contributed by atoms with Crippen LogP contribution in [0.4, 0.5) is 0 Å². The van der Waals surface area contributed by atoms with Crippen LogP contribution in [0.3, 0.4) is 0 Å². The van der Waals surface area contributed by atoms with E-state index in [4.69, 9.17) is 0 Å². The van der Waals surface area contributed by atoms with Crippen LogP contribution in [0.25, 0.3) is 5.57 Å². The molecule has 84 valence electrons. The molecule has 0 radical (unpaired) electrons. The number of aromatic nitrogens is 1. The Kier molecular flexibility index (Phi) is 3.81. The van der Waals surface area contributed by atoms with E-state index in [2.05, 4.69) is 4.98 Å². The van der Waals surface area contributed by atoms with E-state index in [1.54, 1.807) is 6.20 Å². The van der Waals surface area contributed by atoms with Gasteiger partial charge >= 0.3 is 0 Å². The SMILES string of the molecule is O=CC(=CCc1cccnc1)c1ccccc1. The highest BCUT2D eigenvalue weighted by Crippen LogP contribution is 2.12. The van der Waals surface area contributed by atoms with E-state index in [0.717, 1.165) is 29.4 Å². The zero-order valence-electron chi connectivity index (χ0n) is 9.41. The normalized spacial score (nSPS) is 11.2. The average Bonchev–Trinajstić information content (AvgIpc) is 2.42. The topological polar surface area (TPSA) is 30.0 Å². The number of carbonyl (C=O) groups excluding carboxylic acids is 1. The Morgan fingerprint density at radius 3 is 2.59 bits per heavy atom. The monoisotopic (exact) mass is 223 g/mol. The predicted octanol–water partition coefficient (Wildman–Crippen LogP) is 2.91. The van der Waals surface area contributed by atoms with E-state index in [0.29, 0.717) is 0 Å². The van der Waals surface area contributed by atoms with Gasteiger partial charge in [0, 0.05) is 18.0 Å². The van der Waals surface area contributed by atoms with E-state index in [1.807, 2.05) is 54.7 Å². The molecule has 0 saturated carbocycles. The Balaban J connectivity index is 2.17. The highest BCUT2D eigenvalue weighted by Gasteiger charge is 1.98. The third-order valence-corrected chi connectivity index (χ3v) is 2.51. The van der Waals surface area contributed by atoms with Gasteiger partial charge in [-0.2, -0.15) is 0 Å². The summed E-state index contributed by atoms with van der Waals surface area (Å²) in [6.45, 7) is 0. The quantitative estimate of drug-likeness (QED) is 0.589. The highest BCUT2D eigenvalue weighted by molar-refractivity contribution is 6.06. The largest absolute Gasteiger partial charge is 0.298 e. The number of hydrogen-bond donors (Lipinski definition) is 0. The second-order valence-electron chi connectivity index (χ2n) is 3.71. The van der Waals surface area contributed by atoms with E-state index in [-0.39, 0.29) is 0 Å². The van der Waals surface area contributed by atoms with Gasteiger partial charge in [0.25, 0.3) is 0 Å². The molecule has 1 aromatic heterocycles. The summed E-state index contributed by atoms with van der Waals surface area (Å²) in [5.41, 5.74) is 2.77. The van der Waals surface area contributed by atoms with Gasteiger partial charge in [0.2, 0.25) is 0 Å². The number of aldehydes is 1. The first-order valence-electron chi connectivity index (χ1n) is 5.50. The molecular formula is C15H13NO. The van der Waals surface area contributed by atoms with Gasteiger partial charge in [-0.15, -0.1) is 0 Å². The zero-order chi connectivity index (χ0) is 11.9. The Bertz CT molecular complexity index is 503. The molecule has 0 aliphatic carbocycles. The summed E-state index contributed by atoms with van der Waals surface area (Å²) in [5.74, 6) is 0. The fraction of sp³-hybridized carbons (Fsp3) is 0.0667. The average molecular weight is 223 g/mol. The van der Waals surface area contributed by atoms with Crippen LogP contribution in [0, 0.1) is 0 Å². The van der Waals surface area contributed by atoms with Crippen LogP contribution in [0.1, 0.15) is 11.1 Å². The second-order valence-corrected chi connectivity index (χ2v) is 3.71. The molecule has 0 fully saturated rings. The molecule has 2 rings (SSSR count). The van der Waals surface area contributed by atoms with E-state index in [9.17, 15) is 4.79 Å². The Morgan fingerprint density at radius 2 is 1.94 bits per heavy atom. The van der Waals surface area contributed by atoms with Crippen molar-refractivity contribution in [3.63, 3.8) is 0 Å². The number of nitrogens with zero attached hydrogens (tertiary/aromatic N) is 1. The number of carbonyl (C=O) groups is 1. The molecule has 2 aromatic rings. The highest BCUT2D eigenvalue weighted by atomic mass is 16.1. The fourth-order valence-electron chi connectivity index (χ4n) is 1.61. The lowest BCUT2D eigenvalue weighted by Crippen LogP contribution is -1.88. The third kappa shape index (κ3) is 3.11. The van der Waals surface area contributed by atoms with Crippen molar-refractivity contribution in [1.29, 1.82) is 0 Å². The van der Waals surface area contributed by atoms with Crippen LogP contribution in [-0.2, 0) is 11.2 Å². The molecule has 17 heavy (non-hydrogen) atoms. The van der Waals surface area contributed by atoms with Crippen LogP contribution >= 0.6 is 0 Å². The Morgan fingerprint density at radius 1 is 1.12 bits per heavy atom. The summed E-state index contributed by atoms with van der Waals surface area (Å²) in [6, 6.07) is 13.6. The van der Waals surface area contributed by atoms with E-state index >= 15 is 0 Å². The van der Waals surface area contributed by atoms with Crippen molar-refractivity contribution in [2.24, 2.45) is 0 Å². The Hall–Kier alpha value is -2.22. The van der Waals surface area contributed by atoms with Gasteiger partial charge in [0.1, 0.15) is 6.29 Å². The molecule has 0 aliphatic heterocycles. The molecule has 0 amide bonds. The molecular weight excluding hydrogens is 210 g/mol. The van der Waals surface area contributed by atoms with Gasteiger partial charge in [-0.25, -0.2) is 0 Å². The van der Waals surface area contributed by atoms with Gasteiger partial charge in [0.15, 0.2) is 0 Å². The lowest BCUT2D eigenvalue weighted by atomic mass is 10.0.